The maximum Gasteiger partial charge on any atom is 0.337 e. The number of hydrogen-bond donors (Lipinski definition) is 6. The number of aliphatic carboxylic acids is 2. The van der Waals surface area contributed by atoms with Crippen molar-refractivity contribution in [3.63, 3.8) is 0 Å². The van der Waals surface area contributed by atoms with Crippen molar-refractivity contribution in [1.82, 2.24) is 9.13 Å². The zero-order valence-corrected chi connectivity index (χ0v) is 29.4. The van der Waals surface area contributed by atoms with E-state index in [1.807, 2.05) is 48.1 Å². The second kappa shape index (κ2) is 15.8. The summed E-state index contributed by atoms with van der Waals surface area (Å²) in [5, 5.41) is 58.1. The summed E-state index contributed by atoms with van der Waals surface area (Å²) in [7, 11) is 0. The first-order chi connectivity index (χ1) is 25.2. The molecule has 0 amide bonds. The number of phenols is 2. The van der Waals surface area contributed by atoms with Gasteiger partial charge in [-0.25, -0.2) is 9.59 Å². The number of rotatable bonds is 12. The number of aromatic carboxylic acids is 2. The highest BCUT2D eigenvalue weighted by Crippen LogP contribution is 2.34. The van der Waals surface area contributed by atoms with Crippen LogP contribution in [0.25, 0.3) is 21.8 Å². The van der Waals surface area contributed by atoms with Gasteiger partial charge in [-0.2, -0.15) is 0 Å². The predicted molar refractivity (Wildman–Crippen MR) is 198 cm³/mol. The first-order valence-corrected chi connectivity index (χ1v) is 16.9. The number of carbonyl (C=O) groups is 4. The third kappa shape index (κ3) is 8.17. The van der Waals surface area contributed by atoms with Gasteiger partial charge in [-0.1, -0.05) is 57.2 Å². The van der Waals surface area contributed by atoms with E-state index in [2.05, 4.69) is 0 Å². The molecule has 2 heterocycles. The summed E-state index contributed by atoms with van der Waals surface area (Å²) < 4.78 is 3.89. The molecule has 0 unspecified atom stereocenters. The number of aromatic nitrogens is 2. The summed E-state index contributed by atoms with van der Waals surface area (Å²) in [5.74, 6) is -3.67. The van der Waals surface area contributed by atoms with E-state index in [1.165, 1.54) is 12.1 Å². The van der Waals surface area contributed by atoms with Crippen LogP contribution >= 0.6 is 0 Å². The lowest BCUT2D eigenvalue weighted by molar-refractivity contribution is -0.137. The van der Waals surface area contributed by atoms with E-state index >= 15 is 0 Å². The van der Waals surface area contributed by atoms with Crippen molar-refractivity contribution < 1.29 is 49.8 Å². The van der Waals surface area contributed by atoms with Crippen molar-refractivity contribution in [1.29, 1.82) is 0 Å². The van der Waals surface area contributed by atoms with Gasteiger partial charge in [0.15, 0.2) is 0 Å². The monoisotopic (exact) mass is 720 g/mol. The molecular formula is C41H40N2O10. The highest BCUT2D eigenvalue weighted by atomic mass is 16.4. The Labute approximate surface area is 304 Å². The fourth-order valence-electron chi connectivity index (χ4n) is 7.00. The van der Waals surface area contributed by atoms with Crippen LogP contribution in [0.1, 0.15) is 81.0 Å². The first-order valence-electron chi connectivity index (χ1n) is 16.9. The third-order valence-electron chi connectivity index (χ3n) is 9.06. The number of para-hydroxylation sites is 1. The number of aromatic hydroxyl groups is 2. The molecule has 12 heteroatoms. The number of fused-ring (bicyclic) bond motifs is 2. The molecule has 0 saturated heterocycles. The van der Waals surface area contributed by atoms with Crippen LogP contribution in [0.3, 0.4) is 0 Å². The maximum absolute atomic E-state index is 11.7. The average molecular weight is 721 g/mol. The molecule has 53 heavy (non-hydrogen) atoms. The fraction of sp³-hybridized carbons (Fsp3) is 0.220. The Morgan fingerprint density at radius 3 is 1.87 bits per heavy atom. The second-order valence-electron chi connectivity index (χ2n) is 13.0. The summed E-state index contributed by atoms with van der Waals surface area (Å²) in [4.78, 5) is 45.9. The van der Waals surface area contributed by atoms with E-state index in [1.54, 1.807) is 54.6 Å². The smallest absolute Gasteiger partial charge is 0.337 e. The average Bonchev–Trinajstić information content (AvgIpc) is 3.56. The largest absolute Gasteiger partial charge is 0.508 e. The number of carboxylic acids is 4. The number of carboxylic acid groups (broad SMARTS) is 4. The number of benzene rings is 4. The number of phenolic OH excluding ortho intramolecular Hbond substituents is 2. The van der Waals surface area contributed by atoms with Crippen LogP contribution in [0.5, 0.6) is 11.5 Å². The molecule has 0 atom stereocenters. The fourth-order valence-corrected chi connectivity index (χ4v) is 7.00. The van der Waals surface area contributed by atoms with E-state index in [0.717, 1.165) is 28.0 Å². The lowest BCUT2D eigenvalue weighted by Crippen LogP contribution is -2.09. The quantitative estimate of drug-likeness (QED) is 0.0756. The highest BCUT2D eigenvalue weighted by Gasteiger charge is 2.24. The molecule has 0 spiro atoms. The van der Waals surface area contributed by atoms with Gasteiger partial charge in [0.2, 0.25) is 0 Å². The van der Waals surface area contributed by atoms with Crippen molar-refractivity contribution in [3.8, 4) is 11.5 Å². The van der Waals surface area contributed by atoms with Gasteiger partial charge < -0.3 is 39.8 Å². The molecule has 12 nitrogen and oxygen atoms in total. The van der Waals surface area contributed by atoms with Crippen LogP contribution in [0, 0.1) is 0 Å². The molecule has 274 valence electrons. The molecule has 0 aliphatic heterocycles. The Hall–Kier alpha value is -6.56. The minimum absolute atomic E-state index is 0.0529. The molecule has 6 aromatic rings. The van der Waals surface area contributed by atoms with E-state index in [0.29, 0.717) is 46.9 Å². The molecule has 0 fully saturated rings. The Bertz CT molecular complexity index is 2350. The minimum atomic E-state index is -1.06. The number of nitrogens with zero attached hydrogens (tertiary/aromatic N) is 2. The van der Waals surface area contributed by atoms with Gasteiger partial charge in [-0.05, 0) is 83.1 Å². The summed E-state index contributed by atoms with van der Waals surface area (Å²) in [6.45, 7) is 6.74. The molecule has 0 bridgehead atoms. The normalized spacial score (nSPS) is 11.1. The van der Waals surface area contributed by atoms with Crippen LogP contribution in [-0.4, -0.2) is 63.7 Å². The minimum Gasteiger partial charge on any atom is -0.508 e. The van der Waals surface area contributed by atoms with Gasteiger partial charge in [-0.3, -0.25) is 9.59 Å². The predicted octanol–water partition coefficient (Wildman–Crippen LogP) is 7.13. The third-order valence-corrected chi connectivity index (χ3v) is 9.06. The molecule has 0 aliphatic rings. The van der Waals surface area contributed by atoms with E-state index in [9.17, 15) is 49.8 Å². The van der Waals surface area contributed by atoms with E-state index < -0.39 is 23.9 Å². The van der Waals surface area contributed by atoms with Crippen molar-refractivity contribution >= 4 is 45.7 Å². The standard InChI is InChI=1S/C21H21NO5.C20H19NO5/c1-12(2)20-17(10-19(24)25)16-9-14(21(26)27)5-8-18(16)22(20)11-13-3-6-15(23)7-4-13;1-2-17-16(10-18(23)24)14-7-4-8-15(20(25)26)19(14)21(17)11-12-5-3-6-13(22)9-12/h3-9,12,23H,10-11H2,1-2H3,(H,24,25)(H,26,27);3-9,22H,2,10-11H2,1H3,(H,23,24)(H,25,26). The summed E-state index contributed by atoms with van der Waals surface area (Å²) in [6, 6.07) is 23.3. The van der Waals surface area contributed by atoms with Gasteiger partial charge in [0.1, 0.15) is 11.5 Å². The molecule has 6 N–H and O–H groups in total. The van der Waals surface area contributed by atoms with E-state index in [-0.39, 0.29) is 41.4 Å². The molecule has 0 radical (unpaired) electrons. The zero-order valence-electron chi connectivity index (χ0n) is 29.4. The Morgan fingerprint density at radius 1 is 0.642 bits per heavy atom. The van der Waals surface area contributed by atoms with Crippen molar-refractivity contribution in [2.24, 2.45) is 0 Å². The van der Waals surface area contributed by atoms with Crippen LogP contribution in [-0.2, 0) is 41.9 Å². The van der Waals surface area contributed by atoms with Crippen molar-refractivity contribution in [3.05, 3.63) is 130 Å². The zero-order chi connectivity index (χ0) is 38.6. The second-order valence-corrected chi connectivity index (χ2v) is 13.0. The van der Waals surface area contributed by atoms with Crippen molar-refractivity contribution in [2.75, 3.05) is 0 Å². The summed E-state index contributed by atoms with van der Waals surface area (Å²) in [6.07, 6.45) is 0.223. The van der Waals surface area contributed by atoms with Crippen molar-refractivity contribution in [2.45, 2.75) is 59.0 Å². The maximum atomic E-state index is 11.7. The topological polar surface area (TPSA) is 200 Å². The van der Waals surface area contributed by atoms with Crippen LogP contribution in [0.4, 0.5) is 0 Å². The molecule has 0 aliphatic carbocycles. The SMILES string of the molecule is CC(C)c1c(CC(=O)O)c2cc(C(=O)O)ccc2n1Cc1ccc(O)cc1.CCc1c(CC(=O)O)c2cccc(C(=O)O)c2n1Cc1cccc(O)c1. The van der Waals surface area contributed by atoms with Gasteiger partial charge in [0.05, 0.1) is 29.5 Å². The number of hydrogen-bond acceptors (Lipinski definition) is 6. The molecule has 0 saturated carbocycles. The van der Waals surface area contributed by atoms with Gasteiger partial charge in [0, 0.05) is 40.8 Å². The molecular weight excluding hydrogens is 680 g/mol. The Morgan fingerprint density at radius 2 is 1.28 bits per heavy atom. The molecule has 6 rings (SSSR count). The van der Waals surface area contributed by atoms with Crippen LogP contribution in [0.15, 0.2) is 84.9 Å². The van der Waals surface area contributed by atoms with Gasteiger partial charge in [-0.15, -0.1) is 0 Å². The lowest BCUT2D eigenvalue weighted by Gasteiger charge is -2.15. The first kappa shape index (κ1) is 37.7. The van der Waals surface area contributed by atoms with Crippen LogP contribution < -0.4 is 0 Å². The van der Waals surface area contributed by atoms with Gasteiger partial charge in [0.25, 0.3) is 0 Å². The van der Waals surface area contributed by atoms with Crippen LogP contribution in [0.2, 0.25) is 0 Å². The van der Waals surface area contributed by atoms with E-state index in [4.69, 9.17) is 0 Å². The summed E-state index contributed by atoms with van der Waals surface area (Å²) >= 11 is 0. The molecule has 4 aromatic carbocycles. The van der Waals surface area contributed by atoms with Gasteiger partial charge >= 0.3 is 23.9 Å². The summed E-state index contributed by atoms with van der Waals surface area (Å²) in [5.41, 5.74) is 6.29. The lowest BCUT2D eigenvalue weighted by atomic mass is 10.00. The Balaban J connectivity index is 0.000000204. The highest BCUT2D eigenvalue weighted by molar-refractivity contribution is 6.04. The Kier molecular flexibility index (Phi) is 11.2. The molecule has 2 aromatic heterocycles.